The number of aromatic nitrogens is 2. The number of likely N-dealkylation sites (N-methyl/N-ethyl adjacent to an activating group) is 1. The van der Waals surface area contributed by atoms with Gasteiger partial charge in [0.1, 0.15) is 0 Å². The van der Waals surface area contributed by atoms with Crippen molar-refractivity contribution in [3.8, 4) is 5.75 Å². The van der Waals surface area contributed by atoms with Crippen LogP contribution in [0.1, 0.15) is 24.6 Å². The average molecular weight is 284 g/mol. The first-order valence-corrected chi connectivity index (χ1v) is 7.80. The summed E-state index contributed by atoms with van der Waals surface area (Å²) in [6, 6.07) is 0.00659. The van der Waals surface area contributed by atoms with Gasteiger partial charge < -0.3 is 15.4 Å². The Bertz CT molecular complexity index is 401. The fraction of sp³-hybridized carbons (Fsp3) is 0.769. The second-order valence-corrected chi connectivity index (χ2v) is 6.55. The molecule has 2 N–H and O–H groups in total. The van der Waals surface area contributed by atoms with Crippen molar-refractivity contribution in [1.29, 1.82) is 0 Å². The smallest absolute Gasteiger partial charge is 0.161 e. The number of nitrogens with zero attached hydrogens (tertiary/aromatic N) is 3. The summed E-state index contributed by atoms with van der Waals surface area (Å²) >= 11 is 1.97. The minimum absolute atomic E-state index is 0.00659. The van der Waals surface area contributed by atoms with Crippen LogP contribution < -0.4 is 10.5 Å². The topological polar surface area (TPSA) is 56.3 Å². The monoisotopic (exact) mass is 284 g/mol. The van der Waals surface area contributed by atoms with Gasteiger partial charge in [0.05, 0.1) is 31.6 Å². The second kappa shape index (κ2) is 6.63. The molecule has 2 heterocycles. The first-order valence-electron chi connectivity index (χ1n) is 6.75. The fourth-order valence-corrected chi connectivity index (χ4v) is 3.71. The highest BCUT2D eigenvalue weighted by Gasteiger charge is 2.29. The van der Waals surface area contributed by atoms with E-state index in [-0.39, 0.29) is 6.04 Å². The molecule has 0 radical (unpaired) electrons. The number of methoxy groups -OCH3 is 1. The Labute approximate surface area is 119 Å². The minimum atomic E-state index is 0.00659. The first kappa shape index (κ1) is 14.7. The molecule has 2 atom stereocenters. The van der Waals surface area contributed by atoms with Crippen molar-refractivity contribution in [1.82, 2.24) is 14.7 Å². The molecule has 1 aliphatic rings. The van der Waals surface area contributed by atoms with Crippen LogP contribution in [-0.2, 0) is 6.54 Å². The third kappa shape index (κ3) is 3.43. The Kier molecular flexibility index (Phi) is 5.13. The molecule has 0 aromatic carbocycles. The van der Waals surface area contributed by atoms with Gasteiger partial charge in [0.25, 0.3) is 0 Å². The average Bonchev–Trinajstić information content (AvgIpc) is 3.04. The van der Waals surface area contributed by atoms with Crippen molar-refractivity contribution >= 4 is 11.8 Å². The number of thioether (sulfide) groups is 1. The van der Waals surface area contributed by atoms with E-state index in [2.05, 4.69) is 24.1 Å². The van der Waals surface area contributed by atoms with Crippen molar-refractivity contribution in [3.05, 3.63) is 11.9 Å². The van der Waals surface area contributed by atoms with Crippen molar-refractivity contribution in [2.75, 3.05) is 33.5 Å². The summed E-state index contributed by atoms with van der Waals surface area (Å²) < 4.78 is 7.43. The van der Waals surface area contributed by atoms with E-state index in [1.54, 1.807) is 13.3 Å². The molecular weight excluding hydrogens is 260 g/mol. The van der Waals surface area contributed by atoms with Crippen LogP contribution in [0.4, 0.5) is 0 Å². The summed E-state index contributed by atoms with van der Waals surface area (Å²) in [6.45, 7) is 1.79. The molecule has 19 heavy (non-hydrogen) atoms. The summed E-state index contributed by atoms with van der Waals surface area (Å²) in [5.74, 6) is 2.03. The van der Waals surface area contributed by atoms with Gasteiger partial charge in [-0.1, -0.05) is 0 Å². The van der Waals surface area contributed by atoms with Gasteiger partial charge >= 0.3 is 0 Å². The van der Waals surface area contributed by atoms with Crippen LogP contribution in [-0.4, -0.2) is 53.4 Å². The van der Waals surface area contributed by atoms with Gasteiger partial charge in [0.2, 0.25) is 0 Å². The predicted molar refractivity (Wildman–Crippen MR) is 79.7 cm³/mol. The van der Waals surface area contributed by atoms with Crippen molar-refractivity contribution < 1.29 is 4.74 Å². The van der Waals surface area contributed by atoms with Crippen LogP contribution in [0.25, 0.3) is 0 Å². The quantitative estimate of drug-likeness (QED) is 0.854. The van der Waals surface area contributed by atoms with Crippen molar-refractivity contribution in [2.45, 2.75) is 30.7 Å². The number of rotatable bonds is 6. The lowest BCUT2D eigenvalue weighted by Gasteiger charge is -2.21. The second-order valence-electron chi connectivity index (χ2n) is 5.20. The third-order valence-corrected chi connectivity index (χ3v) is 4.99. The zero-order chi connectivity index (χ0) is 13.8. The fourth-order valence-electron chi connectivity index (χ4n) is 2.41. The number of nitrogens with two attached hydrogens (primary N) is 1. The van der Waals surface area contributed by atoms with Crippen LogP contribution >= 0.6 is 11.8 Å². The number of hydrogen-bond donors (Lipinski definition) is 1. The van der Waals surface area contributed by atoms with Crippen LogP contribution in [0.2, 0.25) is 0 Å². The molecule has 2 rings (SSSR count). The highest BCUT2D eigenvalue weighted by Crippen LogP contribution is 2.37. The van der Waals surface area contributed by atoms with Gasteiger partial charge in [-0.15, -0.1) is 0 Å². The lowest BCUT2D eigenvalue weighted by atomic mass is 10.1. The molecule has 0 bridgehead atoms. The molecular formula is C13H24N4OS. The lowest BCUT2D eigenvalue weighted by Crippen LogP contribution is -2.27. The van der Waals surface area contributed by atoms with E-state index in [4.69, 9.17) is 10.5 Å². The predicted octanol–water partition coefficient (Wildman–Crippen LogP) is 1.35. The summed E-state index contributed by atoms with van der Waals surface area (Å²) in [7, 11) is 5.81. The summed E-state index contributed by atoms with van der Waals surface area (Å²) in [6.07, 6.45) is 4.23. The first-order chi connectivity index (χ1) is 9.13. The van der Waals surface area contributed by atoms with Gasteiger partial charge in [-0.3, -0.25) is 4.68 Å². The van der Waals surface area contributed by atoms with E-state index in [0.717, 1.165) is 24.5 Å². The van der Waals surface area contributed by atoms with Crippen LogP contribution in [0.15, 0.2) is 6.20 Å². The van der Waals surface area contributed by atoms with Crippen LogP contribution in [0.5, 0.6) is 5.75 Å². The van der Waals surface area contributed by atoms with Gasteiger partial charge in [0.15, 0.2) is 5.75 Å². The molecule has 1 aromatic heterocycles. The number of ether oxygens (including phenoxy) is 1. The minimum Gasteiger partial charge on any atom is -0.493 e. The molecule has 1 fully saturated rings. The largest absolute Gasteiger partial charge is 0.493 e. The molecule has 1 aromatic rings. The SMILES string of the molecule is COc1cnn(CCN(C)C)c1C(N)C1CCCS1. The molecule has 2 unspecified atom stereocenters. The maximum Gasteiger partial charge on any atom is 0.161 e. The maximum atomic E-state index is 6.45. The Hall–Kier alpha value is -0.720. The van der Waals surface area contributed by atoms with Crippen molar-refractivity contribution in [3.63, 3.8) is 0 Å². The molecule has 108 valence electrons. The van der Waals surface area contributed by atoms with E-state index < -0.39 is 0 Å². The molecule has 6 heteroatoms. The van der Waals surface area contributed by atoms with Crippen LogP contribution in [0, 0.1) is 0 Å². The maximum absolute atomic E-state index is 6.45. The molecule has 5 nitrogen and oxygen atoms in total. The van der Waals surface area contributed by atoms with Gasteiger partial charge in [-0.2, -0.15) is 16.9 Å². The molecule has 0 aliphatic carbocycles. The third-order valence-electron chi connectivity index (χ3n) is 3.51. The summed E-state index contributed by atoms with van der Waals surface area (Å²) in [5.41, 5.74) is 7.50. The van der Waals surface area contributed by atoms with E-state index in [1.165, 1.54) is 18.6 Å². The standard InChI is InChI=1S/C13H24N4OS/c1-16(2)6-7-17-13(10(18-3)9-15-17)12(14)11-5-4-8-19-11/h9,11-12H,4-8,14H2,1-3H3. The summed E-state index contributed by atoms with van der Waals surface area (Å²) in [5, 5.41) is 4.92. The molecule has 0 saturated carbocycles. The van der Waals surface area contributed by atoms with E-state index in [0.29, 0.717) is 5.25 Å². The van der Waals surface area contributed by atoms with Crippen molar-refractivity contribution in [2.24, 2.45) is 5.73 Å². The van der Waals surface area contributed by atoms with Gasteiger partial charge in [-0.05, 0) is 32.7 Å². The molecule has 1 aliphatic heterocycles. The summed E-state index contributed by atoms with van der Waals surface area (Å²) in [4.78, 5) is 2.15. The lowest BCUT2D eigenvalue weighted by molar-refractivity contribution is 0.360. The molecule has 0 spiro atoms. The Balaban J connectivity index is 2.17. The van der Waals surface area contributed by atoms with Gasteiger partial charge in [-0.25, -0.2) is 0 Å². The Morgan fingerprint density at radius 1 is 1.63 bits per heavy atom. The zero-order valence-electron chi connectivity index (χ0n) is 12.0. The van der Waals surface area contributed by atoms with E-state index in [1.807, 2.05) is 16.4 Å². The highest BCUT2D eigenvalue weighted by atomic mass is 32.2. The number of hydrogen-bond acceptors (Lipinski definition) is 5. The zero-order valence-corrected chi connectivity index (χ0v) is 12.8. The Morgan fingerprint density at radius 3 is 3.00 bits per heavy atom. The Morgan fingerprint density at radius 2 is 2.42 bits per heavy atom. The normalized spacial score (nSPS) is 21.0. The molecule has 0 amide bonds. The van der Waals surface area contributed by atoms with Crippen LogP contribution in [0.3, 0.4) is 0 Å². The van der Waals surface area contributed by atoms with E-state index >= 15 is 0 Å². The highest BCUT2D eigenvalue weighted by molar-refractivity contribution is 8.00. The van der Waals surface area contributed by atoms with E-state index in [9.17, 15) is 0 Å². The molecule has 1 saturated heterocycles. The van der Waals surface area contributed by atoms with Gasteiger partial charge in [0, 0.05) is 11.8 Å².